The van der Waals surface area contributed by atoms with Crippen LogP contribution in [0.1, 0.15) is 16.8 Å². The Labute approximate surface area is 128 Å². The summed E-state index contributed by atoms with van der Waals surface area (Å²) in [6, 6.07) is 9.44. The smallest absolute Gasteiger partial charge is 0.410 e. The fraction of sp³-hybridized carbons (Fsp3) is 0.267. The van der Waals surface area contributed by atoms with E-state index in [4.69, 9.17) is 12.6 Å². The van der Waals surface area contributed by atoms with E-state index < -0.39 is 6.09 Å². The van der Waals surface area contributed by atoms with Crippen molar-refractivity contribution in [3.63, 3.8) is 0 Å². The zero-order chi connectivity index (χ0) is 15.5. The summed E-state index contributed by atoms with van der Waals surface area (Å²) in [4.78, 5) is 32.0. The number of amides is 1. The van der Waals surface area contributed by atoms with Gasteiger partial charge in [-0.15, -0.1) is 0 Å². The number of H-pyrrole nitrogens is 1. The van der Waals surface area contributed by atoms with E-state index in [0.29, 0.717) is 24.2 Å². The number of nitrogens with zero attached hydrogens (tertiary/aromatic N) is 2. The second-order valence-electron chi connectivity index (χ2n) is 5.09. The van der Waals surface area contributed by atoms with Gasteiger partial charge in [0.05, 0.1) is 23.5 Å². The van der Waals surface area contributed by atoms with Gasteiger partial charge in [0, 0.05) is 13.0 Å². The van der Waals surface area contributed by atoms with Gasteiger partial charge in [-0.3, -0.25) is 9.78 Å². The highest BCUT2D eigenvalue weighted by atomic mass is 16.6. The Kier molecular flexibility index (Phi) is 3.95. The van der Waals surface area contributed by atoms with Gasteiger partial charge in [-0.05, 0) is 5.56 Å². The number of fused-ring (bicyclic) bond motifs is 1. The summed E-state index contributed by atoms with van der Waals surface area (Å²) >= 11 is 0. The third-order valence-corrected chi connectivity index (χ3v) is 3.55. The van der Waals surface area contributed by atoms with Crippen LogP contribution in [0.25, 0.3) is 0 Å². The lowest BCUT2D eigenvalue weighted by Crippen LogP contribution is -2.41. The largest absolute Gasteiger partial charge is 0.445 e. The number of nitrogens with one attached hydrogen (secondary N) is 1. The first-order valence-electron chi connectivity index (χ1n) is 6.96. The molecule has 3 rings (SSSR count). The van der Waals surface area contributed by atoms with E-state index in [9.17, 15) is 9.59 Å². The molecule has 0 spiro atoms. The Morgan fingerprint density at radius 2 is 2.14 bits per heavy atom. The standard InChI is InChI=1S/C15H14BN3O3/c16-14-17-12-6-7-19(8-11(12)13(20)18-14)15(21)22-9-10-4-2-1-3-5-10/h1-5H,6-9H2,(H,17,18,20). The number of carbonyl (C=O) groups excluding carboxylic acids is 1. The number of aromatic nitrogens is 2. The van der Waals surface area contributed by atoms with Crippen molar-refractivity contribution >= 4 is 19.7 Å². The molecule has 0 unspecified atom stereocenters. The fourth-order valence-corrected chi connectivity index (χ4v) is 2.41. The van der Waals surface area contributed by atoms with Crippen molar-refractivity contribution in [2.45, 2.75) is 19.6 Å². The van der Waals surface area contributed by atoms with Crippen LogP contribution >= 0.6 is 0 Å². The monoisotopic (exact) mass is 295 g/mol. The lowest BCUT2D eigenvalue weighted by molar-refractivity contribution is 0.0914. The zero-order valence-corrected chi connectivity index (χ0v) is 11.9. The average Bonchev–Trinajstić information content (AvgIpc) is 2.53. The van der Waals surface area contributed by atoms with Gasteiger partial charge in [0.2, 0.25) is 0 Å². The molecule has 0 fully saturated rings. The molecule has 2 radical (unpaired) electrons. The molecule has 2 heterocycles. The van der Waals surface area contributed by atoms with Gasteiger partial charge in [-0.2, -0.15) is 0 Å². The number of aromatic amines is 1. The first-order chi connectivity index (χ1) is 10.6. The molecule has 0 saturated carbocycles. The number of ether oxygens (including phenoxy) is 1. The van der Waals surface area contributed by atoms with E-state index in [1.165, 1.54) is 4.90 Å². The highest BCUT2D eigenvalue weighted by molar-refractivity contribution is 6.28. The second-order valence-corrected chi connectivity index (χ2v) is 5.09. The van der Waals surface area contributed by atoms with Gasteiger partial charge >= 0.3 is 6.09 Å². The lowest BCUT2D eigenvalue weighted by atomic mass is 10.0. The normalized spacial score (nSPS) is 13.5. The minimum atomic E-state index is -0.439. The maximum absolute atomic E-state index is 12.1. The van der Waals surface area contributed by atoms with E-state index in [1.54, 1.807) is 0 Å². The van der Waals surface area contributed by atoms with Crippen LogP contribution in [0.3, 0.4) is 0 Å². The Morgan fingerprint density at radius 3 is 2.91 bits per heavy atom. The predicted octanol–water partition coefficient (Wildman–Crippen LogP) is 0.259. The lowest BCUT2D eigenvalue weighted by Gasteiger charge is -2.27. The molecule has 6 nitrogen and oxygen atoms in total. The third-order valence-electron chi connectivity index (χ3n) is 3.55. The number of benzene rings is 1. The predicted molar refractivity (Wildman–Crippen MR) is 81.0 cm³/mol. The Morgan fingerprint density at radius 1 is 1.36 bits per heavy atom. The minimum absolute atomic E-state index is 0.101. The molecule has 1 amide bonds. The number of hydrogen-bond donors (Lipinski definition) is 1. The SMILES string of the molecule is [B]c1nc2c(c(=O)[nH]1)CN(C(=O)OCc1ccccc1)CC2. The molecule has 0 saturated heterocycles. The summed E-state index contributed by atoms with van der Waals surface area (Å²) in [5, 5.41) is 0. The van der Waals surface area contributed by atoms with Crippen molar-refractivity contribution in [1.29, 1.82) is 0 Å². The molecule has 1 aliphatic heterocycles. The molecule has 0 aliphatic carbocycles. The van der Waals surface area contributed by atoms with E-state index in [1.807, 2.05) is 30.3 Å². The topological polar surface area (TPSA) is 75.3 Å². The Balaban J connectivity index is 1.67. The maximum Gasteiger partial charge on any atom is 0.410 e. The van der Waals surface area contributed by atoms with Crippen molar-refractivity contribution in [2.75, 3.05) is 6.54 Å². The van der Waals surface area contributed by atoms with Gasteiger partial charge in [-0.25, -0.2) is 4.79 Å². The first kappa shape index (κ1) is 14.4. The maximum atomic E-state index is 12.1. The third kappa shape index (κ3) is 3.03. The summed E-state index contributed by atoms with van der Waals surface area (Å²) in [7, 11) is 5.52. The van der Waals surface area contributed by atoms with Crippen LogP contribution < -0.4 is 11.3 Å². The van der Waals surface area contributed by atoms with E-state index in [2.05, 4.69) is 9.97 Å². The Bertz CT molecular complexity index is 745. The van der Waals surface area contributed by atoms with Crippen LogP contribution in [0.2, 0.25) is 0 Å². The fourth-order valence-electron chi connectivity index (χ4n) is 2.41. The van der Waals surface area contributed by atoms with Crippen LogP contribution in [0.4, 0.5) is 4.79 Å². The minimum Gasteiger partial charge on any atom is -0.445 e. The molecule has 7 heteroatoms. The van der Waals surface area contributed by atoms with Crippen LogP contribution in [0, 0.1) is 0 Å². The summed E-state index contributed by atoms with van der Waals surface area (Å²) in [5.74, 6) is 0. The average molecular weight is 295 g/mol. The molecule has 22 heavy (non-hydrogen) atoms. The molecule has 0 atom stereocenters. The number of carbonyl (C=O) groups is 1. The molecule has 0 bridgehead atoms. The summed E-state index contributed by atoms with van der Waals surface area (Å²) in [6.07, 6.45) is 0.0508. The number of rotatable bonds is 2. The van der Waals surface area contributed by atoms with Gasteiger partial charge in [-0.1, -0.05) is 30.3 Å². The number of hydrogen-bond acceptors (Lipinski definition) is 4. The second kappa shape index (κ2) is 6.05. The van der Waals surface area contributed by atoms with Gasteiger partial charge in [0.25, 0.3) is 5.56 Å². The van der Waals surface area contributed by atoms with E-state index >= 15 is 0 Å². The highest BCUT2D eigenvalue weighted by Gasteiger charge is 2.24. The molecule has 2 aromatic rings. The van der Waals surface area contributed by atoms with Crippen LogP contribution in [0.15, 0.2) is 35.1 Å². The molecule has 1 aromatic heterocycles. The Hall–Kier alpha value is -2.57. The summed E-state index contributed by atoms with van der Waals surface area (Å²) < 4.78 is 5.28. The van der Waals surface area contributed by atoms with Crippen LogP contribution in [0.5, 0.6) is 0 Å². The van der Waals surface area contributed by atoms with E-state index in [-0.39, 0.29) is 24.4 Å². The molecule has 1 aliphatic rings. The molecule has 1 aromatic carbocycles. The van der Waals surface area contributed by atoms with Gasteiger partial charge in [0.15, 0.2) is 7.85 Å². The summed E-state index contributed by atoms with van der Waals surface area (Å²) in [6.45, 7) is 0.849. The molecule has 1 N–H and O–H groups in total. The molecular formula is C15H14BN3O3. The quantitative estimate of drug-likeness (QED) is 0.806. The zero-order valence-electron chi connectivity index (χ0n) is 11.9. The van der Waals surface area contributed by atoms with Gasteiger partial charge < -0.3 is 14.6 Å². The van der Waals surface area contributed by atoms with Gasteiger partial charge in [0.1, 0.15) is 6.61 Å². The van der Waals surface area contributed by atoms with Crippen molar-refractivity contribution in [2.24, 2.45) is 0 Å². The van der Waals surface area contributed by atoms with Crippen molar-refractivity contribution < 1.29 is 9.53 Å². The molecular weight excluding hydrogens is 281 g/mol. The van der Waals surface area contributed by atoms with E-state index in [0.717, 1.165) is 5.56 Å². The van der Waals surface area contributed by atoms with Crippen molar-refractivity contribution in [3.8, 4) is 0 Å². The summed E-state index contributed by atoms with van der Waals surface area (Å²) in [5.41, 5.74) is 1.83. The highest BCUT2D eigenvalue weighted by Crippen LogP contribution is 2.14. The van der Waals surface area contributed by atoms with Crippen molar-refractivity contribution in [1.82, 2.24) is 14.9 Å². The molecule has 110 valence electrons. The van der Waals surface area contributed by atoms with Crippen molar-refractivity contribution in [3.05, 3.63) is 57.5 Å². The first-order valence-corrected chi connectivity index (χ1v) is 6.96. The van der Waals surface area contributed by atoms with Crippen LogP contribution in [-0.2, 0) is 24.3 Å². The van der Waals surface area contributed by atoms with Crippen LogP contribution in [-0.4, -0.2) is 35.4 Å².